The molecule has 0 bridgehead atoms. The van der Waals surface area contributed by atoms with Gasteiger partial charge in [-0.3, -0.25) is 4.79 Å². The summed E-state index contributed by atoms with van der Waals surface area (Å²) in [7, 11) is 0. The van der Waals surface area contributed by atoms with Gasteiger partial charge in [0.05, 0.1) is 0 Å². The minimum atomic E-state index is -0.111. The molecule has 0 saturated heterocycles. The monoisotopic (exact) mass is 185 g/mol. The third-order valence-electron chi connectivity index (χ3n) is 1.90. The van der Waals surface area contributed by atoms with E-state index in [0.29, 0.717) is 11.4 Å². The summed E-state index contributed by atoms with van der Waals surface area (Å²) in [5.74, 6) is 0.246. The minimum absolute atomic E-state index is 0.111. The van der Waals surface area contributed by atoms with E-state index in [0.717, 1.165) is 5.56 Å². The van der Waals surface area contributed by atoms with Crippen molar-refractivity contribution in [1.29, 1.82) is 0 Å². The Morgan fingerprint density at radius 3 is 2.93 bits per heavy atom. The molecule has 0 amide bonds. The van der Waals surface area contributed by atoms with E-state index in [2.05, 4.69) is 16.9 Å². The number of imidazole rings is 1. The van der Waals surface area contributed by atoms with E-state index in [-0.39, 0.29) is 5.78 Å². The van der Waals surface area contributed by atoms with E-state index in [1.165, 1.54) is 0 Å². The number of ketones is 1. The van der Waals surface area contributed by atoms with Gasteiger partial charge in [-0.25, -0.2) is 4.98 Å². The number of nitrogens with zero attached hydrogens (tertiary/aromatic N) is 1. The van der Waals surface area contributed by atoms with E-state index in [4.69, 9.17) is 0 Å². The van der Waals surface area contributed by atoms with Gasteiger partial charge >= 0.3 is 0 Å². The normalized spacial score (nSPS) is 10.1. The Balaban J connectivity index is 2.37. The molecule has 1 aromatic heterocycles. The molecule has 1 heterocycles. The molecule has 0 aliphatic rings. The van der Waals surface area contributed by atoms with Gasteiger partial charge < -0.3 is 4.98 Å². The number of hydrogen-bond acceptors (Lipinski definition) is 2. The molecule has 0 aliphatic carbocycles. The highest BCUT2D eigenvalue weighted by Gasteiger charge is 2.10. The van der Waals surface area contributed by atoms with Crippen LogP contribution in [-0.4, -0.2) is 15.8 Å². The third kappa shape index (κ3) is 1.57. The van der Waals surface area contributed by atoms with Gasteiger partial charge in [0.1, 0.15) is 0 Å². The van der Waals surface area contributed by atoms with E-state index in [9.17, 15) is 4.79 Å². The summed E-state index contributed by atoms with van der Waals surface area (Å²) >= 11 is 0. The van der Waals surface area contributed by atoms with Crippen molar-refractivity contribution in [2.24, 2.45) is 0 Å². The van der Waals surface area contributed by atoms with Crippen LogP contribution in [0.2, 0.25) is 0 Å². The molecule has 1 aromatic carbocycles. The van der Waals surface area contributed by atoms with Crippen LogP contribution in [-0.2, 0) is 0 Å². The first kappa shape index (κ1) is 8.69. The van der Waals surface area contributed by atoms with Gasteiger partial charge in [0.25, 0.3) is 0 Å². The fraction of sp³-hybridized carbons (Fsp3) is 0. The van der Waals surface area contributed by atoms with Crippen molar-refractivity contribution < 1.29 is 4.79 Å². The van der Waals surface area contributed by atoms with Gasteiger partial charge in [0, 0.05) is 18.0 Å². The molecule has 2 rings (SSSR count). The van der Waals surface area contributed by atoms with Crippen LogP contribution < -0.4 is 0 Å². The lowest BCUT2D eigenvalue weighted by Crippen LogP contribution is -2.03. The van der Waals surface area contributed by atoms with Crippen LogP contribution in [0.5, 0.6) is 0 Å². The molecule has 0 atom stereocenters. The molecular formula is C11H9N2O. The average Bonchev–Trinajstić information content (AvgIpc) is 2.69. The van der Waals surface area contributed by atoms with Gasteiger partial charge in [0.15, 0.2) is 5.82 Å². The maximum Gasteiger partial charge on any atom is 0.228 e. The van der Waals surface area contributed by atoms with Crippen molar-refractivity contribution in [2.75, 3.05) is 0 Å². The number of carbonyl (C=O) groups is 1. The molecule has 0 fully saturated rings. The molecule has 0 aliphatic heterocycles. The fourth-order valence-corrected chi connectivity index (χ4v) is 1.24. The van der Waals surface area contributed by atoms with Crippen molar-refractivity contribution in [3.8, 4) is 0 Å². The summed E-state index contributed by atoms with van der Waals surface area (Å²) in [6, 6.07) is 7.14. The molecular weight excluding hydrogens is 176 g/mol. The largest absolute Gasteiger partial charge is 0.342 e. The quantitative estimate of drug-likeness (QED) is 0.725. The summed E-state index contributed by atoms with van der Waals surface area (Å²) in [5, 5.41) is 0. The van der Waals surface area contributed by atoms with Gasteiger partial charge in [-0.15, -0.1) is 0 Å². The lowest BCUT2D eigenvalue weighted by atomic mass is 10.1. The molecule has 14 heavy (non-hydrogen) atoms. The molecule has 3 heteroatoms. The lowest BCUT2D eigenvalue weighted by molar-refractivity contribution is 0.103. The lowest BCUT2D eigenvalue weighted by Gasteiger charge is -1.98. The number of aromatic amines is 1. The van der Waals surface area contributed by atoms with Crippen molar-refractivity contribution in [1.82, 2.24) is 9.97 Å². The smallest absolute Gasteiger partial charge is 0.228 e. The molecule has 0 unspecified atom stereocenters. The van der Waals surface area contributed by atoms with Crippen molar-refractivity contribution in [3.63, 3.8) is 0 Å². The summed E-state index contributed by atoms with van der Waals surface area (Å²) in [6.45, 7) is 3.76. The van der Waals surface area contributed by atoms with Crippen LogP contribution in [0.15, 0.2) is 36.7 Å². The van der Waals surface area contributed by atoms with Crippen LogP contribution >= 0.6 is 0 Å². The van der Waals surface area contributed by atoms with E-state index in [1.54, 1.807) is 30.6 Å². The number of benzene rings is 1. The van der Waals surface area contributed by atoms with Gasteiger partial charge in [-0.05, 0) is 18.6 Å². The topological polar surface area (TPSA) is 45.8 Å². The Morgan fingerprint density at radius 1 is 1.43 bits per heavy atom. The molecule has 3 nitrogen and oxygen atoms in total. The molecule has 1 radical (unpaired) electrons. The van der Waals surface area contributed by atoms with Crippen LogP contribution in [0.4, 0.5) is 0 Å². The zero-order chi connectivity index (χ0) is 9.97. The second-order valence-electron chi connectivity index (χ2n) is 2.97. The fourth-order valence-electron chi connectivity index (χ4n) is 1.24. The molecule has 1 N–H and O–H groups in total. The number of hydrogen-bond donors (Lipinski definition) is 1. The third-order valence-corrected chi connectivity index (χ3v) is 1.90. The van der Waals surface area contributed by atoms with Crippen molar-refractivity contribution in [2.45, 2.75) is 0 Å². The standard InChI is InChI=1S/C11H9N2O/c1-8-3-2-4-9(7-8)10(14)11-12-5-6-13-11/h2-7H,1H2,(H,12,13). The molecule has 0 saturated carbocycles. The van der Waals surface area contributed by atoms with Crippen molar-refractivity contribution in [3.05, 3.63) is 60.5 Å². The SMILES string of the molecule is [CH2]c1cccc(C(=O)c2ncc[nH]2)c1. The van der Waals surface area contributed by atoms with Gasteiger partial charge in [-0.2, -0.15) is 0 Å². The second-order valence-corrected chi connectivity index (χ2v) is 2.97. The van der Waals surface area contributed by atoms with Crippen LogP contribution in [0.3, 0.4) is 0 Å². The summed E-state index contributed by atoms with van der Waals surface area (Å²) in [4.78, 5) is 18.4. The number of H-pyrrole nitrogens is 1. The number of nitrogens with one attached hydrogen (secondary N) is 1. The number of carbonyl (C=O) groups excluding carboxylic acids is 1. The highest BCUT2D eigenvalue weighted by molar-refractivity contribution is 6.06. The average molecular weight is 185 g/mol. The second kappa shape index (κ2) is 3.46. The predicted molar refractivity (Wildman–Crippen MR) is 52.9 cm³/mol. The summed E-state index contributed by atoms with van der Waals surface area (Å²) in [6.07, 6.45) is 3.18. The first-order valence-electron chi connectivity index (χ1n) is 4.23. The Morgan fingerprint density at radius 2 is 2.29 bits per heavy atom. The summed E-state index contributed by atoms with van der Waals surface area (Å²) in [5.41, 5.74) is 1.43. The Hall–Kier alpha value is -1.90. The van der Waals surface area contributed by atoms with E-state index < -0.39 is 0 Å². The van der Waals surface area contributed by atoms with Crippen LogP contribution in [0, 0.1) is 6.92 Å². The Kier molecular flexibility index (Phi) is 2.14. The minimum Gasteiger partial charge on any atom is -0.342 e. The Labute approximate surface area is 81.8 Å². The molecule has 2 aromatic rings. The predicted octanol–water partition coefficient (Wildman–Crippen LogP) is 1.82. The first-order valence-corrected chi connectivity index (χ1v) is 4.23. The maximum absolute atomic E-state index is 11.7. The van der Waals surface area contributed by atoms with Gasteiger partial charge in [0.2, 0.25) is 5.78 Å². The summed E-state index contributed by atoms with van der Waals surface area (Å²) < 4.78 is 0. The Bertz CT molecular complexity index is 446. The maximum atomic E-state index is 11.7. The zero-order valence-corrected chi connectivity index (χ0v) is 7.53. The van der Waals surface area contributed by atoms with Crippen molar-refractivity contribution >= 4 is 5.78 Å². The van der Waals surface area contributed by atoms with Crippen LogP contribution in [0.1, 0.15) is 21.7 Å². The number of aromatic nitrogens is 2. The van der Waals surface area contributed by atoms with E-state index >= 15 is 0 Å². The van der Waals surface area contributed by atoms with E-state index in [1.807, 2.05) is 6.07 Å². The zero-order valence-electron chi connectivity index (χ0n) is 7.53. The van der Waals surface area contributed by atoms with Crippen LogP contribution in [0.25, 0.3) is 0 Å². The highest BCUT2D eigenvalue weighted by atomic mass is 16.1. The highest BCUT2D eigenvalue weighted by Crippen LogP contribution is 2.07. The number of rotatable bonds is 2. The molecule has 0 spiro atoms. The molecule has 69 valence electrons. The van der Waals surface area contributed by atoms with Gasteiger partial charge in [-0.1, -0.05) is 18.2 Å². The first-order chi connectivity index (χ1) is 6.77.